The maximum Gasteiger partial charge on any atom is 0.305 e. The Kier molecular flexibility index (Phi) is 5.97. The van der Waals surface area contributed by atoms with Crippen LogP contribution in [0.4, 0.5) is 0 Å². The van der Waals surface area contributed by atoms with Gasteiger partial charge in [-0.15, -0.1) is 0 Å². The molecule has 0 fully saturated rings. The highest BCUT2D eigenvalue weighted by Crippen LogP contribution is 2.18. The van der Waals surface area contributed by atoms with E-state index in [9.17, 15) is 9.59 Å². The minimum absolute atomic E-state index is 0.0176. The molecule has 0 saturated heterocycles. The van der Waals surface area contributed by atoms with E-state index in [4.69, 9.17) is 5.11 Å². The summed E-state index contributed by atoms with van der Waals surface area (Å²) in [6, 6.07) is 0. The van der Waals surface area contributed by atoms with Crippen LogP contribution in [0.3, 0.4) is 0 Å². The van der Waals surface area contributed by atoms with E-state index in [-0.39, 0.29) is 12.3 Å². The number of hydrogen-bond donors (Lipinski definition) is 2. The Morgan fingerprint density at radius 3 is 2.33 bits per heavy atom. The standard InChI is InChI=1S/C11H21NO3/c1-4-5-6-7-11(3,8-10(14)15)12-9(2)13/h4-8H2,1-3H3,(H,12,13)(H,14,15). The minimum atomic E-state index is -0.872. The number of amides is 1. The summed E-state index contributed by atoms with van der Waals surface area (Å²) in [5.41, 5.74) is -0.604. The van der Waals surface area contributed by atoms with Crippen LogP contribution in [0.2, 0.25) is 0 Å². The van der Waals surface area contributed by atoms with E-state index in [0.29, 0.717) is 6.42 Å². The summed E-state index contributed by atoms with van der Waals surface area (Å²) in [5, 5.41) is 11.5. The zero-order chi connectivity index (χ0) is 11.9. The van der Waals surface area contributed by atoms with Crippen LogP contribution < -0.4 is 5.32 Å². The van der Waals surface area contributed by atoms with Crippen molar-refractivity contribution in [3.8, 4) is 0 Å². The molecule has 0 aliphatic heterocycles. The third-order valence-corrected chi connectivity index (χ3v) is 2.35. The summed E-state index contributed by atoms with van der Waals surface area (Å²) in [6.45, 7) is 5.30. The molecule has 0 aliphatic rings. The average molecular weight is 215 g/mol. The predicted octanol–water partition coefficient (Wildman–Crippen LogP) is 1.94. The molecular weight excluding hydrogens is 194 g/mol. The molecule has 0 aliphatic carbocycles. The molecule has 4 nitrogen and oxygen atoms in total. The highest BCUT2D eigenvalue weighted by atomic mass is 16.4. The zero-order valence-electron chi connectivity index (χ0n) is 9.80. The van der Waals surface area contributed by atoms with E-state index in [1.807, 2.05) is 0 Å². The molecule has 0 bridgehead atoms. The second kappa shape index (κ2) is 6.43. The number of rotatable bonds is 7. The Hall–Kier alpha value is -1.06. The van der Waals surface area contributed by atoms with Gasteiger partial charge in [-0.25, -0.2) is 0 Å². The molecule has 88 valence electrons. The third kappa shape index (κ3) is 6.94. The first-order valence-corrected chi connectivity index (χ1v) is 5.40. The number of hydrogen-bond acceptors (Lipinski definition) is 2. The van der Waals surface area contributed by atoms with Gasteiger partial charge in [0.1, 0.15) is 0 Å². The van der Waals surface area contributed by atoms with Gasteiger partial charge < -0.3 is 10.4 Å². The quantitative estimate of drug-likeness (QED) is 0.638. The van der Waals surface area contributed by atoms with Crippen LogP contribution in [-0.4, -0.2) is 22.5 Å². The van der Waals surface area contributed by atoms with Crippen LogP contribution in [0.15, 0.2) is 0 Å². The van der Waals surface area contributed by atoms with E-state index in [2.05, 4.69) is 12.2 Å². The first kappa shape index (κ1) is 13.9. The molecule has 0 aromatic rings. The maximum atomic E-state index is 11.0. The van der Waals surface area contributed by atoms with E-state index >= 15 is 0 Å². The summed E-state index contributed by atoms with van der Waals surface area (Å²) in [6.07, 6.45) is 3.79. The fourth-order valence-electron chi connectivity index (χ4n) is 1.72. The van der Waals surface area contributed by atoms with Crippen molar-refractivity contribution in [1.82, 2.24) is 5.32 Å². The average Bonchev–Trinajstić information content (AvgIpc) is 2.00. The molecule has 0 heterocycles. The van der Waals surface area contributed by atoms with Crippen molar-refractivity contribution in [2.24, 2.45) is 0 Å². The van der Waals surface area contributed by atoms with Crippen molar-refractivity contribution in [2.75, 3.05) is 0 Å². The SMILES string of the molecule is CCCCCC(C)(CC(=O)O)NC(C)=O. The van der Waals surface area contributed by atoms with Crippen LogP contribution >= 0.6 is 0 Å². The highest BCUT2D eigenvalue weighted by Gasteiger charge is 2.27. The summed E-state index contributed by atoms with van der Waals surface area (Å²) in [5.74, 6) is -1.04. The lowest BCUT2D eigenvalue weighted by molar-refractivity contribution is -0.139. The number of carbonyl (C=O) groups excluding carboxylic acids is 1. The number of unbranched alkanes of at least 4 members (excludes halogenated alkanes) is 2. The van der Waals surface area contributed by atoms with E-state index in [1.165, 1.54) is 6.92 Å². The maximum absolute atomic E-state index is 11.0. The van der Waals surface area contributed by atoms with Gasteiger partial charge in [0.05, 0.1) is 6.42 Å². The Morgan fingerprint density at radius 2 is 1.93 bits per heavy atom. The Morgan fingerprint density at radius 1 is 1.33 bits per heavy atom. The normalized spacial score (nSPS) is 14.3. The Bertz CT molecular complexity index is 210. The molecule has 0 aromatic carbocycles. The lowest BCUT2D eigenvalue weighted by Crippen LogP contribution is -2.46. The van der Waals surface area contributed by atoms with Crippen LogP contribution in [0.5, 0.6) is 0 Å². The monoisotopic (exact) mass is 215 g/mol. The van der Waals surface area contributed by atoms with Gasteiger partial charge in [0.2, 0.25) is 5.91 Å². The molecule has 0 saturated carbocycles. The molecular formula is C11H21NO3. The molecule has 1 amide bonds. The van der Waals surface area contributed by atoms with Crippen molar-refractivity contribution in [3.05, 3.63) is 0 Å². The topological polar surface area (TPSA) is 66.4 Å². The molecule has 1 atom stereocenters. The van der Waals surface area contributed by atoms with Crippen LogP contribution in [0.25, 0.3) is 0 Å². The molecule has 4 heteroatoms. The summed E-state index contributed by atoms with van der Waals surface area (Å²) in [4.78, 5) is 21.6. The van der Waals surface area contributed by atoms with Gasteiger partial charge in [-0.2, -0.15) is 0 Å². The molecule has 2 N–H and O–H groups in total. The van der Waals surface area contributed by atoms with Gasteiger partial charge in [0, 0.05) is 12.5 Å². The Labute approximate surface area is 91.1 Å². The van der Waals surface area contributed by atoms with E-state index < -0.39 is 11.5 Å². The summed E-state index contributed by atoms with van der Waals surface area (Å²) < 4.78 is 0. The van der Waals surface area contributed by atoms with Crippen molar-refractivity contribution in [3.63, 3.8) is 0 Å². The largest absolute Gasteiger partial charge is 0.481 e. The lowest BCUT2D eigenvalue weighted by Gasteiger charge is -2.28. The highest BCUT2D eigenvalue weighted by molar-refractivity contribution is 5.75. The van der Waals surface area contributed by atoms with Gasteiger partial charge in [-0.05, 0) is 13.3 Å². The van der Waals surface area contributed by atoms with Gasteiger partial charge >= 0.3 is 5.97 Å². The molecule has 0 rings (SSSR count). The van der Waals surface area contributed by atoms with Crippen LogP contribution in [-0.2, 0) is 9.59 Å². The molecule has 0 spiro atoms. The fourth-order valence-corrected chi connectivity index (χ4v) is 1.72. The van der Waals surface area contributed by atoms with Gasteiger partial charge in [0.25, 0.3) is 0 Å². The Balaban J connectivity index is 4.26. The van der Waals surface area contributed by atoms with Gasteiger partial charge in [-0.3, -0.25) is 9.59 Å². The zero-order valence-corrected chi connectivity index (χ0v) is 9.80. The number of nitrogens with one attached hydrogen (secondary N) is 1. The number of aliphatic carboxylic acids is 1. The third-order valence-electron chi connectivity index (χ3n) is 2.35. The summed E-state index contributed by atoms with van der Waals surface area (Å²) >= 11 is 0. The molecule has 1 unspecified atom stereocenters. The number of carbonyl (C=O) groups is 2. The van der Waals surface area contributed by atoms with Crippen LogP contribution in [0, 0.1) is 0 Å². The predicted molar refractivity (Wildman–Crippen MR) is 58.6 cm³/mol. The van der Waals surface area contributed by atoms with Crippen molar-refractivity contribution < 1.29 is 14.7 Å². The molecule has 15 heavy (non-hydrogen) atoms. The lowest BCUT2D eigenvalue weighted by atomic mass is 9.90. The smallest absolute Gasteiger partial charge is 0.305 e. The van der Waals surface area contributed by atoms with E-state index in [1.54, 1.807) is 6.92 Å². The first-order chi connectivity index (χ1) is 6.89. The fraction of sp³-hybridized carbons (Fsp3) is 0.818. The second-order valence-corrected chi connectivity index (χ2v) is 4.27. The van der Waals surface area contributed by atoms with Crippen molar-refractivity contribution in [1.29, 1.82) is 0 Å². The van der Waals surface area contributed by atoms with Gasteiger partial charge in [0.15, 0.2) is 0 Å². The minimum Gasteiger partial charge on any atom is -0.481 e. The number of carboxylic acids is 1. The van der Waals surface area contributed by atoms with E-state index in [0.717, 1.165) is 19.3 Å². The second-order valence-electron chi connectivity index (χ2n) is 4.27. The molecule has 0 aromatic heterocycles. The van der Waals surface area contributed by atoms with Crippen molar-refractivity contribution in [2.45, 2.75) is 58.4 Å². The first-order valence-electron chi connectivity index (χ1n) is 5.40. The number of carboxylic acid groups (broad SMARTS) is 1. The van der Waals surface area contributed by atoms with Crippen LogP contribution in [0.1, 0.15) is 52.9 Å². The van der Waals surface area contributed by atoms with Crippen molar-refractivity contribution >= 4 is 11.9 Å². The molecule has 0 radical (unpaired) electrons. The van der Waals surface area contributed by atoms with Gasteiger partial charge in [-0.1, -0.05) is 26.2 Å². The summed E-state index contributed by atoms with van der Waals surface area (Å²) in [7, 11) is 0.